The molecule has 1 aliphatic heterocycles. The van der Waals surface area contributed by atoms with E-state index < -0.39 is 96.2 Å². The number of aliphatic hydroxyl groups excluding tert-OH is 1. The lowest BCUT2D eigenvalue weighted by atomic mass is 10.0. The van der Waals surface area contributed by atoms with Crippen LogP contribution in [0.15, 0.2) is 0 Å². The second-order valence-electron chi connectivity index (χ2n) is 20.4. The Labute approximate surface area is 442 Å². The lowest BCUT2D eigenvalue weighted by Crippen LogP contribution is -2.59. The summed E-state index contributed by atoms with van der Waals surface area (Å²) in [5.74, 6) is -4.11. The summed E-state index contributed by atoms with van der Waals surface area (Å²) in [5.41, 5.74) is 28.9. The average Bonchev–Trinajstić information content (AvgIpc) is 3.36. The Balaban J connectivity index is 3.39. The van der Waals surface area contributed by atoms with Crippen molar-refractivity contribution in [2.45, 2.75) is 230 Å². The SMILES string of the molecule is CC(C)CCCCCCCC[C@@H](O)CC(=O)NCC(=O)N[C@H](CCCCN)C(=O)N[C@H]1CCCCNC(=O)[C@@H](CCCCN)NC(=O)[C@H](CCCCN)NC(=O)[C@@H](CCCCN)NC(=O)[C@H](CCCCN)NC1=O. The van der Waals surface area contributed by atoms with Gasteiger partial charge in [0.1, 0.15) is 36.3 Å². The molecule has 0 aromatic rings. The van der Waals surface area contributed by atoms with Gasteiger partial charge in [-0.05, 0) is 161 Å². The predicted molar refractivity (Wildman–Crippen MR) is 288 cm³/mol. The number of hydrogen-bond donors (Lipinski definition) is 14. The monoisotopic (exact) mass is 1050 g/mol. The molecule has 19 N–H and O–H groups in total. The van der Waals surface area contributed by atoms with Crippen LogP contribution >= 0.6 is 0 Å². The highest BCUT2D eigenvalue weighted by atomic mass is 16.3. The van der Waals surface area contributed by atoms with Crippen LogP contribution in [0.5, 0.6) is 0 Å². The van der Waals surface area contributed by atoms with Crippen molar-refractivity contribution in [3.63, 3.8) is 0 Å². The van der Waals surface area contributed by atoms with Gasteiger partial charge in [-0.25, -0.2) is 0 Å². The Morgan fingerprint density at radius 3 is 1.42 bits per heavy atom. The maximum absolute atomic E-state index is 14.4. The standard InChI is InChI=1S/C52H101N13O9/c1-37(2)21-7-5-3-4-6-8-22-38(66)35-45(67)59-36-46(68)60-40(24-10-16-30-54)48(70)62-44-28-14-20-34-58-47(69)39(23-9-15-29-53)61-49(71)41(25-11-17-31-55)63-50(72)42(26-12-18-32-56)64-51(73)43(65-52(44)74)27-13-19-33-57/h37-44,66H,3-36,53-57H2,1-2H3,(H,58,69)(H,59,67)(H,60,68)(H,61,71)(H,62,70)(H,63,72)(H,64,73)(H,65,74)/t38-,39-,40-,41+,42-,43+,44+/m1/s1. The summed E-state index contributed by atoms with van der Waals surface area (Å²) in [6.07, 6.45) is 14.0. The van der Waals surface area contributed by atoms with Crippen molar-refractivity contribution < 1.29 is 43.5 Å². The Hall–Kier alpha value is -4.48. The predicted octanol–water partition coefficient (Wildman–Crippen LogP) is 0.484. The molecule has 1 saturated heterocycles. The fraction of sp³-hybridized carbons (Fsp3) is 0.846. The highest BCUT2D eigenvalue weighted by molar-refractivity contribution is 5.97. The zero-order chi connectivity index (χ0) is 54.9. The number of carbonyl (C=O) groups is 8. The number of carbonyl (C=O) groups excluding carboxylic acids is 8. The molecule has 0 unspecified atom stereocenters. The first-order chi connectivity index (χ1) is 35.6. The quantitative estimate of drug-likeness (QED) is 0.0380. The molecular formula is C52H101N13O9. The minimum absolute atomic E-state index is 0.0655. The minimum Gasteiger partial charge on any atom is -0.393 e. The third-order valence-electron chi connectivity index (χ3n) is 13.2. The van der Waals surface area contributed by atoms with Gasteiger partial charge in [0.2, 0.25) is 47.3 Å². The molecule has 0 saturated carbocycles. The van der Waals surface area contributed by atoms with E-state index in [4.69, 9.17) is 28.7 Å². The molecule has 0 aromatic carbocycles. The lowest BCUT2D eigenvalue weighted by Gasteiger charge is -2.28. The van der Waals surface area contributed by atoms with Crippen molar-refractivity contribution in [3.05, 3.63) is 0 Å². The maximum Gasteiger partial charge on any atom is 0.243 e. The van der Waals surface area contributed by atoms with Gasteiger partial charge in [-0.2, -0.15) is 0 Å². The summed E-state index contributed by atoms with van der Waals surface area (Å²) >= 11 is 0. The number of hydrogen-bond acceptors (Lipinski definition) is 14. The molecule has 1 heterocycles. The first-order valence-corrected chi connectivity index (χ1v) is 28.1. The summed E-state index contributed by atoms with van der Waals surface area (Å²) in [6, 6.07) is -6.65. The van der Waals surface area contributed by atoms with Gasteiger partial charge in [0.25, 0.3) is 0 Å². The first kappa shape index (κ1) is 67.5. The molecule has 0 aliphatic carbocycles. The molecule has 1 rings (SSSR count). The molecular weight excluding hydrogens is 951 g/mol. The van der Waals surface area contributed by atoms with Gasteiger partial charge in [0.15, 0.2) is 0 Å². The molecule has 8 amide bonds. The molecule has 22 heteroatoms. The maximum atomic E-state index is 14.4. The van der Waals surface area contributed by atoms with Gasteiger partial charge in [-0.15, -0.1) is 0 Å². The van der Waals surface area contributed by atoms with E-state index in [9.17, 15) is 43.5 Å². The van der Waals surface area contributed by atoms with Crippen LogP contribution in [-0.4, -0.2) is 141 Å². The van der Waals surface area contributed by atoms with Gasteiger partial charge in [-0.3, -0.25) is 38.4 Å². The van der Waals surface area contributed by atoms with E-state index in [2.05, 4.69) is 56.4 Å². The highest BCUT2D eigenvalue weighted by Crippen LogP contribution is 2.15. The topological polar surface area (TPSA) is 383 Å². The summed E-state index contributed by atoms with van der Waals surface area (Å²) in [4.78, 5) is 110. The van der Waals surface area contributed by atoms with Gasteiger partial charge in [-0.1, -0.05) is 58.8 Å². The Morgan fingerprint density at radius 2 is 0.946 bits per heavy atom. The van der Waals surface area contributed by atoms with Gasteiger partial charge in [0, 0.05) is 6.54 Å². The van der Waals surface area contributed by atoms with E-state index in [1.54, 1.807) is 0 Å². The van der Waals surface area contributed by atoms with Crippen molar-refractivity contribution in [1.29, 1.82) is 0 Å². The van der Waals surface area contributed by atoms with Crippen molar-refractivity contribution in [2.24, 2.45) is 34.6 Å². The lowest BCUT2D eigenvalue weighted by molar-refractivity contribution is -0.135. The summed E-state index contributed by atoms with van der Waals surface area (Å²) in [7, 11) is 0. The van der Waals surface area contributed by atoms with E-state index in [1.807, 2.05) is 0 Å². The molecule has 7 atom stereocenters. The van der Waals surface area contributed by atoms with Crippen molar-refractivity contribution >= 4 is 47.3 Å². The molecule has 428 valence electrons. The van der Waals surface area contributed by atoms with Crippen LogP contribution in [-0.2, 0) is 38.4 Å². The summed E-state index contributed by atoms with van der Waals surface area (Å²) in [6.45, 7) is 5.90. The van der Waals surface area contributed by atoms with E-state index in [1.165, 1.54) is 19.3 Å². The molecule has 74 heavy (non-hydrogen) atoms. The van der Waals surface area contributed by atoms with E-state index in [0.29, 0.717) is 122 Å². The first-order valence-electron chi connectivity index (χ1n) is 28.1. The number of unbranched alkanes of at least 4 members (excludes halogenated alkanes) is 10. The van der Waals surface area contributed by atoms with E-state index in [0.717, 1.165) is 25.7 Å². The Morgan fingerprint density at radius 1 is 0.527 bits per heavy atom. The molecule has 1 aliphatic rings. The number of amides is 8. The molecule has 0 spiro atoms. The minimum atomic E-state index is -1.22. The second kappa shape index (κ2) is 42.7. The zero-order valence-electron chi connectivity index (χ0n) is 45.3. The van der Waals surface area contributed by atoms with Crippen molar-refractivity contribution in [2.75, 3.05) is 45.8 Å². The van der Waals surface area contributed by atoms with Crippen molar-refractivity contribution in [1.82, 2.24) is 42.5 Å². The number of nitrogens with one attached hydrogen (secondary N) is 8. The fourth-order valence-electron chi connectivity index (χ4n) is 8.70. The van der Waals surface area contributed by atoms with Gasteiger partial charge in [0.05, 0.1) is 19.1 Å². The smallest absolute Gasteiger partial charge is 0.243 e. The molecule has 1 fully saturated rings. The van der Waals surface area contributed by atoms with Crippen LogP contribution in [0.4, 0.5) is 0 Å². The van der Waals surface area contributed by atoms with Crippen LogP contribution in [0, 0.1) is 5.92 Å². The van der Waals surface area contributed by atoms with Gasteiger partial charge < -0.3 is 76.3 Å². The van der Waals surface area contributed by atoms with E-state index >= 15 is 0 Å². The molecule has 0 radical (unpaired) electrons. The van der Waals surface area contributed by atoms with Crippen LogP contribution < -0.4 is 71.2 Å². The molecule has 0 bridgehead atoms. The normalized spacial score (nSPS) is 20.4. The Kier molecular flexibility index (Phi) is 39.0. The van der Waals surface area contributed by atoms with Crippen molar-refractivity contribution in [3.8, 4) is 0 Å². The van der Waals surface area contributed by atoms with Crippen LogP contribution in [0.25, 0.3) is 0 Å². The van der Waals surface area contributed by atoms with E-state index in [-0.39, 0.29) is 51.5 Å². The summed E-state index contributed by atoms with van der Waals surface area (Å²) in [5, 5.41) is 32.7. The zero-order valence-corrected chi connectivity index (χ0v) is 45.3. The fourth-order valence-corrected chi connectivity index (χ4v) is 8.70. The van der Waals surface area contributed by atoms with Crippen LogP contribution in [0.1, 0.15) is 187 Å². The van der Waals surface area contributed by atoms with Crippen LogP contribution in [0.3, 0.4) is 0 Å². The second-order valence-corrected chi connectivity index (χ2v) is 20.4. The Bertz CT molecular complexity index is 1610. The number of aliphatic hydroxyl groups is 1. The average molecular weight is 1050 g/mol. The third-order valence-corrected chi connectivity index (χ3v) is 13.2. The number of rotatable bonds is 36. The van der Waals surface area contributed by atoms with Gasteiger partial charge >= 0.3 is 0 Å². The largest absolute Gasteiger partial charge is 0.393 e. The number of nitrogens with two attached hydrogens (primary N) is 5. The highest BCUT2D eigenvalue weighted by Gasteiger charge is 2.33. The summed E-state index contributed by atoms with van der Waals surface area (Å²) < 4.78 is 0. The molecule has 22 nitrogen and oxygen atoms in total. The molecule has 0 aromatic heterocycles. The van der Waals surface area contributed by atoms with Crippen LogP contribution in [0.2, 0.25) is 0 Å². The third kappa shape index (κ3) is 32.1.